The normalized spacial score (nSPS) is 24.0. The van der Waals surface area contributed by atoms with E-state index in [4.69, 9.17) is 4.74 Å². The number of aliphatic carboxylic acids is 1. The zero-order valence-electron chi connectivity index (χ0n) is 13.1. The molecule has 0 radical (unpaired) electrons. The summed E-state index contributed by atoms with van der Waals surface area (Å²) in [5.74, 6) is 0.199. The van der Waals surface area contributed by atoms with E-state index in [1.807, 2.05) is 19.1 Å². The number of hydrogen-bond acceptors (Lipinski definition) is 3. The largest absolute Gasteiger partial charge is 0.494 e. The molecule has 1 aliphatic rings. The number of likely N-dealkylation sites (tertiary alicyclic amines) is 1. The van der Waals surface area contributed by atoms with Crippen LogP contribution >= 0.6 is 0 Å². The summed E-state index contributed by atoms with van der Waals surface area (Å²) in [5, 5.41) is 9.32. The standard InChI is InChI=1S/C17H25NO3/c1-4-11-21-15-7-5-14(6-8-15)13(2)18-10-9-17(3,12-18)16(19)20/h5-8,13H,4,9-12H2,1-3H3,(H,19,20). The first kappa shape index (κ1) is 15.8. The molecule has 1 heterocycles. The summed E-state index contributed by atoms with van der Waals surface area (Å²) in [6.07, 6.45) is 1.71. The summed E-state index contributed by atoms with van der Waals surface area (Å²) >= 11 is 0. The number of nitrogens with zero attached hydrogens (tertiary/aromatic N) is 1. The maximum atomic E-state index is 11.3. The van der Waals surface area contributed by atoms with Gasteiger partial charge in [0.05, 0.1) is 12.0 Å². The van der Waals surface area contributed by atoms with E-state index in [2.05, 4.69) is 30.9 Å². The van der Waals surface area contributed by atoms with Crippen LogP contribution in [0.4, 0.5) is 0 Å². The molecule has 116 valence electrons. The van der Waals surface area contributed by atoms with Gasteiger partial charge in [0, 0.05) is 12.6 Å². The predicted molar refractivity (Wildman–Crippen MR) is 82.6 cm³/mol. The first-order valence-corrected chi connectivity index (χ1v) is 7.66. The lowest BCUT2D eigenvalue weighted by molar-refractivity contribution is -0.147. The van der Waals surface area contributed by atoms with Gasteiger partial charge in [0.1, 0.15) is 5.75 Å². The fourth-order valence-electron chi connectivity index (χ4n) is 2.78. The first-order chi connectivity index (χ1) is 9.96. The fraction of sp³-hybridized carbons (Fsp3) is 0.588. The molecule has 0 saturated carbocycles. The molecule has 21 heavy (non-hydrogen) atoms. The molecule has 1 N–H and O–H groups in total. The number of rotatable bonds is 6. The molecule has 0 bridgehead atoms. The molecular weight excluding hydrogens is 266 g/mol. The second-order valence-electron chi connectivity index (χ2n) is 6.18. The van der Waals surface area contributed by atoms with Crippen molar-refractivity contribution < 1.29 is 14.6 Å². The Hall–Kier alpha value is -1.55. The SMILES string of the molecule is CCCOc1ccc(C(C)N2CCC(C)(C(=O)O)C2)cc1. The van der Waals surface area contributed by atoms with Crippen LogP contribution in [0.25, 0.3) is 0 Å². The maximum Gasteiger partial charge on any atom is 0.310 e. The molecule has 1 fully saturated rings. The van der Waals surface area contributed by atoms with Crippen molar-refractivity contribution in [3.63, 3.8) is 0 Å². The van der Waals surface area contributed by atoms with Gasteiger partial charge in [0.15, 0.2) is 0 Å². The molecule has 0 aromatic heterocycles. The minimum Gasteiger partial charge on any atom is -0.494 e. The lowest BCUT2D eigenvalue weighted by atomic mass is 9.90. The van der Waals surface area contributed by atoms with E-state index in [1.165, 1.54) is 5.56 Å². The first-order valence-electron chi connectivity index (χ1n) is 7.66. The Morgan fingerprint density at radius 1 is 1.43 bits per heavy atom. The van der Waals surface area contributed by atoms with Crippen LogP contribution in [0.5, 0.6) is 5.75 Å². The van der Waals surface area contributed by atoms with E-state index in [0.29, 0.717) is 13.0 Å². The zero-order chi connectivity index (χ0) is 15.5. The molecule has 0 amide bonds. The molecular formula is C17H25NO3. The van der Waals surface area contributed by atoms with E-state index in [-0.39, 0.29) is 6.04 Å². The average Bonchev–Trinajstić information content (AvgIpc) is 2.89. The number of carboxylic acid groups (broad SMARTS) is 1. The summed E-state index contributed by atoms with van der Waals surface area (Å²) in [4.78, 5) is 13.6. The van der Waals surface area contributed by atoms with Gasteiger partial charge in [0.25, 0.3) is 0 Å². The molecule has 1 aromatic rings. The minimum atomic E-state index is -0.694. The molecule has 1 saturated heterocycles. The van der Waals surface area contributed by atoms with E-state index in [1.54, 1.807) is 0 Å². The van der Waals surface area contributed by atoms with Gasteiger partial charge in [-0.15, -0.1) is 0 Å². The smallest absolute Gasteiger partial charge is 0.310 e. The van der Waals surface area contributed by atoms with Crippen molar-refractivity contribution in [2.75, 3.05) is 19.7 Å². The molecule has 2 rings (SSSR count). The highest BCUT2D eigenvalue weighted by Crippen LogP contribution is 2.35. The van der Waals surface area contributed by atoms with E-state index in [0.717, 1.165) is 25.3 Å². The Kier molecular flexibility index (Phi) is 4.88. The van der Waals surface area contributed by atoms with Crippen molar-refractivity contribution in [1.29, 1.82) is 0 Å². The summed E-state index contributed by atoms with van der Waals surface area (Å²) in [6.45, 7) is 8.23. The number of benzene rings is 1. The lowest BCUT2D eigenvalue weighted by Crippen LogP contribution is -2.32. The van der Waals surface area contributed by atoms with Gasteiger partial charge in [0.2, 0.25) is 0 Å². The quantitative estimate of drug-likeness (QED) is 0.873. The summed E-state index contributed by atoms with van der Waals surface area (Å²) in [6, 6.07) is 8.37. The Bertz CT molecular complexity index is 485. The van der Waals surface area contributed by atoms with E-state index < -0.39 is 11.4 Å². The van der Waals surface area contributed by atoms with E-state index in [9.17, 15) is 9.90 Å². The van der Waals surface area contributed by atoms with Crippen LogP contribution < -0.4 is 4.74 Å². The monoisotopic (exact) mass is 291 g/mol. The molecule has 4 nitrogen and oxygen atoms in total. The molecule has 0 aliphatic carbocycles. The Morgan fingerprint density at radius 2 is 2.10 bits per heavy atom. The summed E-state index contributed by atoms with van der Waals surface area (Å²) < 4.78 is 5.59. The van der Waals surface area contributed by atoms with Crippen molar-refractivity contribution in [1.82, 2.24) is 4.90 Å². The van der Waals surface area contributed by atoms with Gasteiger partial charge in [-0.1, -0.05) is 19.1 Å². The van der Waals surface area contributed by atoms with Gasteiger partial charge >= 0.3 is 5.97 Å². The van der Waals surface area contributed by atoms with Gasteiger partial charge in [-0.3, -0.25) is 9.69 Å². The molecule has 4 heteroatoms. The highest BCUT2D eigenvalue weighted by molar-refractivity contribution is 5.74. The second-order valence-corrected chi connectivity index (χ2v) is 6.18. The fourth-order valence-corrected chi connectivity index (χ4v) is 2.78. The topological polar surface area (TPSA) is 49.8 Å². The molecule has 0 spiro atoms. The van der Waals surface area contributed by atoms with Gasteiger partial charge < -0.3 is 9.84 Å². The summed E-state index contributed by atoms with van der Waals surface area (Å²) in [5.41, 5.74) is 0.590. The molecule has 1 aromatic carbocycles. The zero-order valence-corrected chi connectivity index (χ0v) is 13.1. The van der Waals surface area contributed by atoms with Crippen LogP contribution in [0.3, 0.4) is 0 Å². The van der Waals surface area contributed by atoms with Crippen LogP contribution in [0.2, 0.25) is 0 Å². The van der Waals surface area contributed by atoms with Crippen LogP contribution in [0.15, 0.2) is 24.3 Å². The van der Waals surface area contributed by atoms with Crippen LogP contribution in [-0.4, -0.2) is 35.7 Å². The maximum absolute atomic E-state index is 11.3. The van der Waals surface area contributed by atoms with Crippen molar-refractivity contribution in [3.05, 3.63) is 29.8 Å². The third kappa shape index (κ3) is 3.56. The van der Waals surface area contributed by atoms with Gasteiger partial charge in [-0.25, -0.2) is 0 Å². The lowest BCUT2D eigenvalue weighted by Gasteiger charge is -2.26. The third-order valence-electron chi connectivity index (χ3n) is 4.40. The van der Waals surface area contributed by atoms with Gasteiger partial charge in [-0.2, -0.15) is 0 Å². The second kappa shape index (κ2) is 6.48. The van der Waals surface area contributed by atoms with Crippen molar-refractivity contribution in [2.45, 2.75) is 39.7 Å². The highest BCUT2D eigenvalue weighted by Gasteiger charge is 2.41. The molecule has 2 unspecified atom stereocenters. The Balaban J connectivity index is 2.00. The summed E-state index contributed by atoms with van der Waals surface area (Å²) in [7, 11) is 0. The molecule has 1 aliphatic heterocycles. The van der Waals surface area contributed by atoms with Crippen molar-refractivity contribution in [3.8, 4) is 5.75 Å². The number of carboxylic acids is 1. The van der Waals surface area contributed by atoms with Crippen LogP contribution in [0, 0.1) is 5.41 Å². The average molecular weight is 291 g/mol. The van der Waals surface area contributed by atoms with Crippen LogP contribution in [0.1, 0.15) is 45.2 Å². The van der Waals surface area contributed by atoms with Crippen molar-refractivity contribution in [2.24, 2.45) is 5.41 Å². The third-order valence-corrected chi connectivity index (χ3v) is 4.40. The highest BCUT2D eigenvalue weighted by atomic mass is 16.5. The van der Waals surface area contributed by atoms with Crippen LogP contribution in [-0.2, 0) is 4.79 Å². The Labute approximate surface area is 126 Å². The van der Waals surface area contributed by atoms with E-state index >= 15 is 0 Å². The number of hydrogen-bond donors (Lipinski definition) is 1. The molecule has 2 atom stereocenters. The van der Waals surface area contributed by atoms with Crippen molar-refractivity contribution >= 4 is 5.97 Å². The minimum absolute atomic E-state index is 0.228. The Morgan fingerprint density at radius 3 is 2.62 bits per heavy atom. The predicted octanol–water partition coefficient (Wildman–Crippen LogP) is 3.33. The van der Waals surface area contributed by atoms with Gasteiger partial charge in [-0.05, 0) is 50.9 Å². The number of ether oxygens (including phenoxy) is 1. The number of carbonyl (C=O) groups is 1.